The van der Waals surface area contributed by atoms with Crippen molar-refractivity contribution < 1.29 is 9.21 Å². The van der Waals surface area contributed by atoms with Crippen molar-refractivity contribution in [3.05, 3.63) is 40.8 Å². The Labute approximate surface area is 154 Å². The van der Waals surface area contributed by atoms with Gasteiger partial charge in [0.25, 0.3) is 0 Å². The Morgan fingerprint density at radius 2 is 2.24 bits per heavy atom. The van der Waals surface area contributed by atoms with Gasteiger partial charge in [0, 0.05) is 11.4 Å². The molecule has 132 valence electrons. The predicted octanol–water partition coefficient (Wildman–Crippen LogP) is 3.66. The topological polar surface area (TPSA) is 73.0 Å². The van der Waals surface area contributed by atoms with E-state index in [1.807, 2.05) is 34.2 Å². The fraction of sp³-hybridized carbons (Fsp3) is 0.353. The van der Waals surface area contributed by atoms with Crippen LogP contribution in [0.5, 0.6) is 0 Å². The monoisotopic (exact) mass is 376 g/mol. The number of carbonyl (C=O) groups is 1. The summed E-state index contributed by atoms with van der Waals surface area (Å²) in [5.41, 5.74) is 0. The Balaban J connectivity index is 1.64. The summed E-state index contributed by atoms with van der Waals surface area (Å²) in [6.45, 7) is 5.60. The van der Waals surface area contributed by atoms with Crippen LogP contribution in [0.15, 0.2) is 45.5 Å². The van der Waals surface area contributed by atoms with E-state index in [9.17, 15) is 4.79 Å². The third kappa shape index (κ3) is 4.73. The van der Waals surface area contributed by atoms with Gasteiger partial charge in [-0.05, 0) is 29.5 Å². The number of nitrogens with zero attached hydrogens (tertiary/aromatic N) is 3. The van der Waals surface area contributed by atoms with E-state index in [1.165, 1.54) is 11.8 Å². The molecule has 0 atom stereocenters. The number of hydrogen-bond acceptors (Lipinski definition) is 6. The van der Waals surface area contributed by atoms with Gasteiger partial charge in [0.2, 0.25) is 5.91 Å². The number of amides is 1. The summed E-state index contributed by atoms with van der Waals surface area (Å²) < 4.78 is 7.46. The molecule has 0 fully saturated rings. The van der Waals surface area contributed by atoms with Crippen LogP contribution in [0.1, 0.15) is 18.7 Å². The summed E-state index contributed by atoms with van der Waals surface area (Å²) in [6, 6.07) is 7.68. The first kappa shape index (κ1) is 17.8. The summed E-state index contributed by atoms with van der Waals surface area (Å²) in [7, 11) is 0. The molecule has 0 spiro atoms. The molecular weight excluding hydrogens is 356 g/mol. The van der Waals surface area contributed by atoms with Crippen LogP contribution in [0.3, 0.4) is 0 Å². The molecule has 0 aliphatic heterocycles. The highest BCUT2D eigenvalue weighted by molar-refractivity contribution is 7.99. The predicted molar refractivity (Wildman–Crippen MR) is 99.5 cm³/mol. The third-order valence-corrected chi connectivity index (χ3v) is 5.22. The zero-order valence-corrected chi connectivity index (χ0v) is 15.8. The molecule has 0 unspecified atom stereocenters. The summed E-state index contributed by atoms with van der Waals surface area (Å²) in [5, 5.41) is 14.1. The maximum absolute atomic E-state index is 12.1. The van der Waals surface area contributed by atoms with Gasteiger partial charge in [-0.25, -0.2) is 0 Å². The lowest BCUT2D eigenvalue weighted by molar-refractivity contribution is -0.118. The van der Waals surface area contributed by atoms with Crippen molar-refractivity contribution in [1.29, 1.82) is 0 Å². The smallest absolute Gasteiger partial charge is 0.230 e. The van der Waals surface area contributed by atoms with Crippen molar-refractivity contribution in [3.63, 3.8) is 0 Å². The van der Waals surface area contributed by atoms with Crippen molar-refractivity contribution in [1.82, 2.24) is 20.1 Å². The largest absolute Gasteiger partial charge is 0.461 e. The van der Waals surface area contributed by atoms with E-state index in [1.54, 1.807) is 17.6 Å². The number of carbonyl (C=O) groups excluding carboxylic acids is 1. The molecule has 6 nitrogen and oxygen atoms in total. The molecule has 0 radical (unpaired) electrons. The van der Waals surface area contributed by atoms with E-state index in [-0.39, 0.29) is 5.91 Å². The minimum absolute atomic E-state index is 0.0166. The molecule has 1 N–H and O–H groups in total. The SMILES string of the molecule is CC(C)Cn1c(SCC(=O)NCc2cccs2)nnc1-c1ccco1. The molecule has 1 amide bonds. The van der Waals surface area contributed by atoms with Gasteiger partial charge in [0.15, 0.2) is 16.7 Å². The van der Waals surface area contributed by atoms with Crippen LogP contribution in [0.25, 0.3) is 11.6 Å². The van der Waals surface area contributed by atoms with Gasteiger partial charge in [0.1, 0.15) is 0 Å². The summed E-state index contributed by atoms with van der Waals surface area (Å²) in [6.07, 6.45) is 1.62. The summed E-state index contributed by atoms with van der Waals surface area (Å²) in [5.74, 6) is 2.09. The normalized spacial score (nSPS) is 11.2. The van der Waals surface area contributed by atoms with Gasteiger partial charge in [-0.2, -0.15) is 0 Å². The van der Waals surface area contributed by atoms with Crippen LogP contribution in [-0.2, 0) is 17.9 Å². The highest BCUT2D eigenvalue weighted by atomic mass is 32.2. The average Bonchev–Trinajstić information content (AvgIpc) is 3.32. The van der Waals surface area contributed by atoms with E-state index in [0.29, 0.717) is 29.8 Å². The fourth-order valence-electron chi connectivity index (χ4n) is 2.29. The van der Waals surface area contributed by atoms with Gasteiger partial charge in [-0.1, -0.05) is 31.7 Å². The quantitative estimate of drug-likeness (QED) is 0.607. The lowest BCUT2D eigenvalue weighted by Crippen LogP contribution is -2.24. The second-order valence-corrected chi connectivity index (χ2v) is 7.91. The van der Waals surface area contributed by atoms with E-state index in [4.69, 9.17) is 4.42 Å². The molecule has 0 bridgehead atoms. The van der Waals surface area contributed by atoms with Crippen molar-refractivity contribution in [2.24, 2.45) is 5.92 Å². The Bertz CT molecular complexity index is 795. The summed E-state index contributed by atoms with van der Waals surface area (Å²) in [4.78, 5) is 13.2. The second-order valence-electron chi connectivity index (χ2n) is 5.93. The Morgan fingerprint density at radius 3 is 2.92 bits per heavy atom. The Morgan fingerprint density at radius 1 is 1.36 bits per heavy atom. The van der Waals surface area contributed by atoms with Gasteiger partial charge >= 0.3 is 0 Å². The van der Waals surface area contributed by atoms with Crippen molar-refractivity contribution in [2.45, 2.75) is 32.1 Å². The maximum Gasteiger partial charge on any atom is 0.230 e. The minimum Gasteiger partial charge on any atom is -0.461 e. The number of thiophene rings is 1. The molecule has 3 rings (SSSR count). The first-order chi connectivity index (χ1) is 12.1. The van der Waals surface area contributed by atoms with Crippen LogP contribution in [-0.4, -0.2) is 26.4 Å². The van der Waals surface area contributed by atoms with Crippen LogP contribution in [0, 0.1) is 5.92 Å². The average molecular weight is 377 g/mol. The van der Waals surface area contributed by atoms with E-state index in [0.717, 1.165) is 16.6 Å². The zero-order chi connectivity index (χ0) is 17.6. The van der Waals surface area contributed by atoms with E-state index in [2.05, 4.69) is 29.4 Å². The van der Waals surface area contributed by atoms with Crippen molar-refractivity contribution in [3.8, 4) is 11.6 Å². The molecule has 3 aromatic heterocycles. The highest BCUT2D eigenvalue weighted by Crippen LogP contribution is 2.25. The molecule has 25 heavy (non-hydrogen) atoms. The second kappa shape index (κ2) is 8.35. The fourth-order valence-corrected chi connectivity index (χ4v) is 3.72. The number of aromatic nitrogens is 3. The minimum atomic E-state index is -0.0166. The first-order valence-corrected chi connectivity index (χ1v) is 9.89. The van der Waals surface area contributed by atoms with Crippen LogP contribution in [0.4, 0.5) is 0 Å². The molecule has 0 saturated heterocycles. The molecule has 0 aromatic carbocycles. The van der Waals surface area contributed by atoms with Crippen LogP contribution in [0.2, 0.25) is 0 Å². The highest BCUT2D eigenvalue weighted by Gasteiger charge is 2.18. The van der Waals surface area contributed by atoms with Gasteiger partial charge in [-0.3, -0.25) is 9.36 Å². The number of hydrogen-bond donors (Lipinski definition) is 1. The van der Waals surface area contributed by atoms with E-state index >= 15 is 0 Å². The molecule has 8 heteroatoms. The molecular formula is C17H20N4O2S2. The zero-order valence-electron chi connectivity index (χ0n) is 14.1. The maximum atomic E-state index is 12.1. The van der Waals surface area contributed by atoms with Crippen LogP contribution < -0.4 is 5.32 Å². The Hall–Kier alpha value is -2.06. The van der Waals surface area contributed by atoms with Crippen molar-refractivity contribution >= 4 is 29.0 Å². The lowest BCUT2D eigenvalue weighted by atomic mass is 10.2. The van der Waals surface area contributed by atoms with E-state index < -0.39 is 0 Å². The first-order valence-electron chi connectivity index (χ1n) is 8.02. The van der Waals surface area contributed by atoms with Crippen LogP contribution >= 0.6 is 23.1 Å². The lowest BCUT2D eigenvalue weighted by Gasteiger charge is -2.11. The molecule has 0 aliphatic carbocycles. The summed E-state index contributed by atoms with van der Waals surface area (Å²) >= 11 is 3.02. The van der Waals surface area contributed by atoms with Gasteiger partial charge in [-0.15, -0.1) is 21.5 Å². The molecule has 0 saturated carbocycles. The number of rotatable bonds is 8. The van der Waals surface area contributed by atoms with Crippen molar-refractivity contribution in [2.75, 3.05) is 5.75 Å². The number of thioether (sulfide) groups is 1. The Kier molecular flexibility index (Phi) is 5.93. The standard InChI is InChI=1S/C17H20N4O2S2/c1-12(2)10-21-16(14-6-3-7-23-14)19-20-17(21)25-11-15(22)18-9-13-5-4-8-24-13/h3-8,12H,9-11H2,1-2H3,(H,18,22). The number of nitrogens with one attached hydrogen (secondary N) is 1. The third-order valence-electron chi connectivity index (χ3n) is 3.38. The molecule has 0 aliphatic rings. The molecule has 3 aromatic rings. The van der Waals surface area contributed by atoms with Gasteiger partial charge < -0.3 is 9.73 Å². The molecule has 3 heterocycles. The number of furan rings is 1. The van der Waals surface area contributed by atoms with Gasteiger partial charge in [0.05, 0.1) is 18.6 Å².